The van der Waals surface area contributed by atoms with Crippen molar-refractivity contribution in [2.45, 2.75) is 13.3 Å². The van der Waals surface area contributed by atoms with Crippen LogP contribution in [0.1, 0.15) is 20.8 Å². The Morgan fingerprint density at radius 3 is 2.56 bits per heavy atom. The number of hydrogen-bond acceptors (Lipinski definition) is 2. The second-order valence-corrected chi connectivity index (χ2v) is 5.57. The number of Topliss-reactive ketones (excluding diaryl/α,β-unsaturated/α-hetero) is 1. The number of carbonyl (C=O) groups excluding carboxylic acids is 1. The fraction of sp³-hybridized carbons (Fsp3) is 0.154. The maximum absolute atomic E-state index is 13.0. The van der Waals surface area contributed by atoms with Gasteiger partial charge in [-0.3, -0.25) is 4.79 Å². The van der Waals surface area contributed by atoms with Crippen LogP contribution in [-0.4, -0.2) is 5.78 Å². The van der Waals surface area contributed by atoms with E-state index >= 15 is 0 Å². The van der Waals surface area contributed by atoms with Crippen molar-refractivity contribution in [2.75, 3.05) is 0 Å². The predicted molar refractivity (Wildman–Crippen MR) is 68.5 cm³/mol. The van der Waals surface area contributed by atoms with Crippen LogP contribution in [0.5, 0.6) is 0 Å². The van der Waals surface area contributed by atoms with Crippen molar-refractivity contribution in [3.8, 4) is 0 Å². The highest BCUT2D eigenvalue weighted by atomic mass is 35.5. The molecule has 0 aliphatic rings. The van der Waals surface area contributed by atoms with E-state index in [9.17, 15) is 13.6 Å². The highest BCUT2D eigenvalue weighted by Gasteiger charge is 2.13. The Hall–Kier alpha value is -1.26. The summed E-state index contributed by atoms with van der Waals surface area (Å²) in [4.78, 5) is 12.4. The predicted octanol–water partition coefficient (Wildman–Crippen LogP) is 4.41. The van der Waals surface area contributed by atoms with E-state index in [-0.39, 0.29) is 12.2 Å². The minimum atomic E-state index is -0.944. The maximum Gasteiger partial charge on any atom is 0.177 e. The Balaban J connectivity index is 2.18. The molecule has 0 bridgehead atoms. The Labute approximate surface area is 112 Å². The first kappa shape index (κ1) is 13.2. The van der Waals surface area contributed by atoms with Crippen LogP contribution in [0.3, 0.4) is 0 Å². The zero-order chi connectivity index (χ0) is 13.3. The maximum atomic E-state index is 13.0. The second kappa shape index (κ2) is 5.16. The van der Waals surface area contributed by atoms with Gasteiger partial charge in [-0.05, 0) is 36.2 Å². The lowest BCUT2D eigenvalue weighted by atomic mass is 10.1. The molecule has 1 aromatic carbocycles. The van der Waals surface area contributed by atoms with Gasteiger partial charge in [-0.1, -0.05) is 17.7 Å². The lowest BCUT2D eigenvalue weighted by molar-refractivity contribution is 0.0996. The summed E-state index contributed by atoms with van der Waals surface area (Å²) in [7, 11) is 0. The Kier molecular flexibility index (Phi) is 3.78. The van der Waals surface area contributed by atoms with Gasteiger partial charge in [0.05, 0.1) is 9.21 Å². The van der Waals surface area contributed by atoms with Gasteiger partial charge in [-0.15, -0.1) is 11.3 Å². The molecule has 0 N–H and O–H groups in total. The van der Waals surface area contributed by atoms with Gasteiger partial charge >= 0.3 is 0 Å². The van der Waals surface area contributed by atoms with Gasteiger partial charge in [0.15, 0.2) is 17.4 Å². The molecule has 1 nitrogen and oxygen atoms in total. The van der Waals surface area contributed by atoms with Crippen LogP contribution in [0.4, 0.5) is 8.78 Å². The van der Waals surface area contributed by atoms with E-state index in [2.05, 4.69) is 0 Å². The molecule has 1 aromatic heterocycles. The van der Waals surface area contributed by atoms with E-state index in [1.807, 2.05) is 6.92 Å². The summed E-state index contributed by atoms with van der Waals surface area (Å²) in [5, 5.41) is 0. The van der Waals surface area contributed by atoms with Crippen molar-refractivity contribution in [1.29, 1.82) is 0 Å². The molecule has 0 aliphatic carbocycles. The molecular formula is C13H9ClF2OS. The molecule has 0 saturated heterocycles. The fourth-order valence-corrected chi connectivity index (χ4v) is 2.66. The van der Waals surface area contributed by atoms with Crippen LogP contribution in [0.2, 0.25) is 4.34 Å². The first-order chi connectivity index (χ1) is 8.47. The number of halogens is 3. The number of carbonyl (C=O) groups is 1. The van der Waals surface area contributed by atoms with E-state index < -0.39 is 11.6 Å². The number of aryl methyl sites for hydroxylation is 1. The van der Waals surface area contributed by atoms with Crippen molar-refractivity contribution < 1.29 is 13.6 Å². The van der Waals surface area contributed by atoms with Gasteiger partial charge in [0.2, 0.25) is 0 Å². The molecule has 0 saturated carbocycles. The summed E-state index contributed by atoms with van der Waals surface area (Å²) < 4.78 is 26.3. The van der Waals surface area contributed by atoms with Crippen molar-refractivity contribution in [3.05, 3.63) is 56.2 Å². The van der Waals surface area contributed by atoms with Crippen LogP contribution in [0.15, 0.2) is 24.3 Å². The smallest absolute Gasteiger partial charge is 0.177 e. The number of thiophene rings is 1. The molecule has 2 aromatic rings. The van der Waals surface area contributed by atoms with E-state index in [0.29, 0.717) is 14.8 Å². The van der Waals surface area contributed by atoms with Gasteiger partial charge < -0.3 is 0 Å². The first-order valence-corrected chi connectivity index (χ1v) is 6.40. The second-order valence-electron chi connectivity index (χ2n) is 3.92. The summed E-state index contributed by atoms with van der Waals surface area (Å²) in [6, 6.07) is 5.16. The normalized spacial score (nSPS) is 10.7. The average Bonchev–Trinajstić information content (AvgIpc) is 2.65. The van der Waals surface area contributed by atoms with E-state index in [1.165, 1.54) is 17.4 Å². The molecule has 94 valence electrons. The van der Waals surface area contributed by atoms with Crippen LogP contribution < -0.4 is 0 Å². The molecule has 18 heavy (non-hydrogen) atoms. The zero-order valence-corrected chi connectivity index (χ0v) is 11.0. The lowest BCUT2D eigenvalue weighted by Gasteiger charge is -2.00. The summed E-state index contributed by atoms with van der Waals surface area (Å²) in [6.45, 7) is 1.81. The Morgan fingerprint density at radius 1 is 1.28 bits per heavy atom. The van der Waals surface area contributed by atoms with Crippen molar-refractivity contribution in [2.24, 2.45) is 0 Å². The number of benzene rings is 1. The van der Waals surface area contributed by atoms with Crippen LogP contribution in [0.25, 0.3) is 0 Å². The molecule has 2 rings (SSSR count). The van der Waals surface area contributed by atoms with Crippen LogP contribution >= 0.6 is 22.9 Å². The molecule has 5 heteroatoms. The highest BCUT2D eigenvalue weighted by Crippen LogP contribution is 2.27. The molecular weight excluding hydrogens is 278 g/mol. The Bertz CT molecular complexity index is 588. The first-order valence-electron chi connectivity index (χ1n) is 5.20. The molecule has 0 atom stereocenters. The SMILES string of the molecule is Cc1cc(C(=O)Cc2ccc(F)c(F)c2)sc1Cl. The third kappa shape index (κ3) is 2.76. The van der Waals surface area contributed by atoms with Crippen molar-refractivity contribution in [3.63, 3.8) is 0 Å². The molecule has 0 fully saturated rings. The van der Waals surface area contributed by atoms with Gasteiger partial charge in [-0.25, -0.2) is 8.78 Å². The van der Waals surface area contributed by atoms with Crippen LogP contribution in [0, 0.1) is 18.6 Å². The highest BCUT2D eigenvalue weighted by molar-refractivity contribution is 7.18. The summed E-state index contributed by atoms with van der Waals surface area (Å²) in [5.74, 6) is -2.01. The standard InChI is InChI=1S/C13H9ClF2OS/c1-7-4-12(18-13(7)14)11(17)6-8-2-3-9(15)10(16)5-8/h2-5H,6H2,1H3. The number of hydrogen-bond donors (Lipinski definition) is 0. The third-order valence-electron chi connectivity index (χ3n) is 2.48. The van der Waals surface area contributed by atoms with Gasteiger partial charge in [0.25, 0.3) is 0 Å². The molecule has 0 unspecified atom stereocenters. The topological polar surface area (TPSA) is 17.1 Å². The van der Waals surface area contributed by atoms with Crippen LogP contribution in [-0.2, 0) is 6.42 Å². The summed E-state index contributed by atoms with van der Waals surface area (Å²) in [6.07, 6.45) is 0.0352. The van der Waals surface area contributed by atoms with E-state index in [1.54, 1.807) is 6.07 Å². The monoisotopic (exact) mass is 286 g/mol. The summed E-state index contributed by atoms with van der Waals surface area (Å²) >= 11 is 7.08. The van der Waals surface area contributed by atoms with Crippen molar-refractivity contribution >= 4 is 28.7 Å². The summed E-state index contributed by atoms with van der Waals surface area (Å²) in [5.41, 5.74) is 1.29. The van der Waals surface area contributed by atoms with Gasteiger partial charge in [-0.2, -0.15) is 0 Å². The minimum absolute atomic E-state index is 0.0352. The number of rotatable bonds is 3. The quantitative estimate of drug-likeness (QED) is 0.764. The Morgan fingerprint density at radius 2 is 2.00 bits per heavy atom. The van der Waals surface area contributed by atoms with Gasteiger partial charge in [0, 0.05) is 6.42 Å². The molecule has 0 aliphatic heterocycles. The minimum Gasteiger partial charge on any atom is -0.293 e. The molecule has 0 spiro atoms. The lowest BCUT2D eigenvalue weighted by Crippen LogP contribution is -2.02. The number of ketones is 1. The fourth-order valence-electron chi connectivity index (χ4n) is 1.52. The zero-order valence-electron chi connectivity index (χ0n) is 9.47. The van der Waals surface area contributed by atoms with E-state index in [0.717, 1.165) is 17.7 Å². The third-order valence-corrected chi connectivity index (χ3v) is 4.08. The average molecular weight is 287 g/mol. The van der Waals surface area contributed by atoms with Crippen molar-refractivity contribution in [1.82, 2.24) is 0 Å². The van der Waals surface area contributed by atoms with E-state index in [4.69, 9.17) is 11.6 Å². The molecule has 0 amide bonds. The van der Waals surface area contributed by atoms with Gasteiger partial charge in [0.1, 0.15) is 0 Å². The molecule has 1 heterocycles. The largest absolute Gasteiger partial charge is 0.293 e. The molecule has 0 radical (unpaired) electrons.